The smallest absolute Gasteiger partial charge is 0.342 e. The van der Waals surface area contributed by atoms with E-state index in [1.807, 2.05) is 27.7 Å². The third kappa shape index (κ3) is 3.26. The van der Waals surface area contributed by atoms with Crippen LogP contribution in [0.3, 0.4) is 0 Å². The molecule has 0 fully saturated rings. The van der Waals surface area contributed by atoms with Crippen molar-refractivity contribution in [2.45, 2.75) is 45.8 Å². The second-order valence-electron chi connectivity index (χ2n) is 4.91. The van der Waals surface area contributed by atoms with E-state index in [9.17, 15) is 9.90 Å². The lowest BCUT2D eigenvalue weighted by molar-refractivity contribution is -0.184. The molecule has 0 aromatic carbocycles. The average Bonchev–Trinajstić information content (AvgIpc) is 2.42. The summed E-state index contributed by atoms with van der Waals surface area (Å²) in [6.07, 6.45) is 0. The Labute approximate surface area is 113 Å². The number of carbonyl (C=O) groups is 1. The fourth-order valence-corrected chi connectivity index (χ4v) is 3.41. The maximum Gasteiger partial charge on any atom is 0.342 e. The van der Waals surface area contributed by atoms with E-state index in [-0.39, 0.29) is 0 Å². The lowest BCUT2D eigenvalue weighted by atomic mass is 10.0. The Morgan fingerprint density at radius 3 is 2.24 bits per heavy atom. The normalized spacial score (nSPS) is 15.6. The molecule has 0 saturated heterocycles. The van der Waals surface area contributed by atoms with Gasteiger partial charge < -0.3 is 9.84 Å². The van der Waals surface area contributed by atoms with Crippen LogP contribution in [0.25, 0.3) is 0 Å². The SMILES string of the molecule is Cc1nc(C(C)(OC(C)(C)C)C(=O)O)c(Br)s1. The van der Waals surface area contributed by atoms with Crippen molar-refractivity contribution in [2.24, 2.45) is 0 Å². The van der Waals surface area contributed by atoms with Crippen molar-refractivity contribution in [1.29, 1.82) is 0 Å². The van der Waals surface area contributed by atoms with E-state index in [2.05, 4.69) is 20.9 Å². The standard InChI is InChI=1S/C11H16BrNO3S/c1-6-13-7(8(12)17-6)11(5,9(14)15)16-10(2,3)4/h1-5H3,(H,14,15). The molecule has 96 valence electrons. The summed E-state index contributed by atoms with van der Waals surface area (Å²) in [6, 6.07) is 0. The summed E-state index contributed by atoms with van der Waals surface area (Å²) in [5.74, 6) is -1.04. The van der Waals surface area contributed by atoms with E-state index in [0.717, 1.165) is 5.01 Å². The number of thiazole rings is 1. The van der Waals surface area contributed by atoms with Crippen LogP contribution in [-0.4, -0.2) is 21.7 Å². The quantitative estimate of drug-likeness (QED) is 0.927. The van der Waals surface area contributed by atoms with Crippen molar-refractivity contribution < 1.29 is 14.6 Å². The average molecular weight is 322 g/mol. The van der Waals surface area contributed by atoms with Crippen LogP contribution in [0.15, 0.2) is 3.79 Å². The summed E-state index contributed by atoms with van der Waals surface area (Å²) in [5, 5.41) is 10.2. The predicted molar refractivity (Wildman–Crippen MR) is 70.4 cm³/mol. The molecule has 0 saturated carbocycles. The number of halogens is 1. The molecule has 1 rings (SSSR count). The van der Waals surface area contributed by atoms with Crippen molar-refractivity contribution in [1.82, 2.24) is 4.98 Å². The van der Waals surface area contributed by atoms with E-state index in [4.69, 9.17) is 4.74 Å². The van der Waals surface area contributed by atoms with Gasteiger partial charge in [0.1, 0.15) is 5.69 Å². The monoisotopic (exact) mass is 321 g/mol. The third-order valence-electron chi connectivity index (χ3n) is 2.06. The summed E-state index contributed by atoms with van der Waals surface area (Å²) in [6.45, 7) is 8.82. The third-order valence-corrected chi connectivity index (χ3v) is 3.68. The Morgan fingerprint density at radius 1 is 1.41 bits per heavy atom. The lowest BCUT2D eigenvalue weighted by Crippen LogP contribution is -2.42. The summed E-state index contributed by atoms with van der Waals surface area (Å²) >= 11 is 4.74. The highest BCUT2D eigenvalue weighted by molar-refractivity contribution is 9.11. The number of hydrogen-bond donors (Lipinski definition) is 1. The number of ether oxygens (including phenoxy) is 1. The maximum absolute atomic E-state index is 11.5. The van der Waals surface area contributed by atoms with Gasteiger partial charge in [-0.05, 0) is 50.5 Å². The summed E-state index contributed by atoms with van der Waals surface area (Å²) in [7, 11) is 0. The fourth-order valence-electron chi connectivity index (χ4n) is 1.50. The first-order chi connectivity index (χ1) is 7.56. The minimum Gasteiger partial charge on any atom is -0.479 e. The molecule has 1 unspecified atom stereocenters. The molecule has 0 radical (unpaired) electrons. The zero-order valence-corrected chi connectivity index (χ0v) is 12.9. The summed E-state index contributed by atoms with van der Waals surface area (Å²) in [5.41, 5.74) is -1.59. The zero-order valence-electron chi connectivity index (χ0n) is 10.5. The van der Waals surface area contributed by atoms with Gasteiger partial charge >= 0.3 is 5.97 Å². The number of nitrogens with zero attached hydrogens (tertiary/aromatic N) is 1. The highest BCUT2D eigenvalue weighted by atomic mass is 79.9. The van der Waals surface area contributed by atoms with Gasteiger partial charge in [-0.2, -0.15) is 0 Å². The number of carboxylic acid groups (broad SMARTS) is 1. The first-order valence-electron chi connectivity index (χ1n) is 5.13. The van der Waals surface area contributed by atoms with Gasteiger partial charge in [-0.3, -0.25) is 0 Å². The van der Waals surface area contributed by atoms with Crippen LogP contribution in [0.4, 0.5) is 0 Å². The molecule has 1 heterocycles. The predicted octanol–water partition coefficient (Wildman–Crippen LogP) is 3.33. The van der Waals surface area contributed by atoms with Crippen molar-refractivity contribution in [3.63, 3.8) is 0 Å². The number of hydrogen-bond acceptors (Lipinski definition) is 4. The first kappa shape index (κ1) is 14.6. The summed E-state index contributed by atoms with van der Waals surface area (Å²) in [4.78, 5) is 15.7. The van der Waals surface area contributed by atoms with Gasteiger partial charge in [0.05, 0.1) is 14.4 Å². The zero-order chi connectivity index (χ0) is 13.4. The largest absolute Gasteiger partial charge is 0.479 e. The Bertz CT molecular complexity index is 438. The second-order valence-corrected chi connectivity index (χ2v) is 7.43. The van der Waals surface area contributed by atoms with Crippen LogP contribution < -0.4 is 0 Å². The van der Waals surface area contributed by atoms with E-state index in [0.29, 0.717) is 9.48 Å². The van der Waals surface area contributed by atoms with Crippen LogP contribution in [0.2, 0.25) is 0 Å². The second kappa shape index (κ2) is 4.66. The molecule has 0 amide bonds. The van der Waals surface area contributed by atoms with E-state index >= 15 is 0 Å². The molecular weight excluding hydrogens is 306 g/mol. The summed E-state index contributed by atoms with van der Waals surface area (Å²) < 4.78 is 6.38. The molecule has 1 aromatic heterocycles. The van der Waals surface area contributed by atoms with Gasteiger partial charge in [0.25, 0.3) is 0 Å². The molecule has 4 nitrogen and oxygen atoms in total. The Balaban J connectivity index is 3.26. The number of aryl methyl sites for hydroxylation is 1. The molecule has 0 spiro atoms. The van der Waals surface area contributed by atoms with Gasteiger partial charge in [-0.1, -0.05) is 0 Å². The molecule has 0 bridgehead atoms. The minimum atomic E-state index is -1.44. The van der Waals surface area contributed by atoms with Crippen molar-refractivity contribution >= 4 is 33.2 Å². The van der Waals surface area contributed by atoms with Gasteiger partial charge in [0.15, 0.2) is 0 Å². The number of rotatable bonds is 3. The van der Waals surface area contributed by atoms with Crippen LogP contribution in [0.5, 0.6) is 0 Å². The number of aliphatic carboxylic acids is 1. The van der Waals surface area contributed by atoms with Crippen LogP contribution >= 0.6 is 27.3 Å². The van der Waals surface area contributed by atoms with Gasteiger partial charge in [0.2, 0.25) is 5.60 Å². The minimum absolute atomic E-state index is 0.419. The van der Waals surface area contributed by atoms with Gasteiger partial charge in [-0.15, -0.1) is 11.3 Å². The van der Waals surface area contributed by atoms with Crippen molar-refractivity contribution in [2.75, 3.05) is 0 Å². The maximum atomic E-state index is 11.5. The van der Waals surface area contributed by atoms with Crippen molar-refractivity contribution in [3.8, 4) is 0 Å². The molecule has 17 heavy (non-hydrogen) atoms. The Morgan fingerprint density at radius 2 is 1.94 bits per heavy atom. The Hall–Kier alpha value is -0.460. The molecule has 0 aliphatic rings. The fraction of sp³-hybridized carbons (Fsp3) is 0.636. The highest BCUT2D eigenvalue weighted by Gasteiger charge is 2.43. The molecule has 1 atom stereocenters. The molecule has 0 aliphatic carbocycles. The molecular formula is C11H16BrNO3S. The number of aromatic nitrogens is 1. The molecule has 1 N–H and O–H groups in total. The van der Waals surface area contributed by atoms with E-state index < -0.39 is 17.2 Å². The molecule has 0 aliphatic heterocycles. The lowest BCUT2D eigenvalue weighted by Gasteiger charge is -2.32. The molecule has 6 heteroatoms. The number of carboxylic acids is 1. The van der Waals surface area contributed by atoms with Crippen LogP contribution in [0.1, 0.15) is 38.4 Å². The van der Waals surface area contributed by atoms with Crippen LogP contribution in [0, 0.1) is 6.92 Å². The van der Waals surface area contributed by atoms with Crippen molar-refractivity contribution in [3.05, 3.63) is 14.5 Å². The van der Waals surface area contributed by atoms with Crippen LogP contribution in [-0.2, 0) is 15.1 Å². The van der Waals surface area contributed by atoms with Gasteiger partial charge in [-0.25, -0.2) is 9.78 Å². The Kier molecular flexibility index (Phi) is 4.01. The van der Waals surface area contributed by atoms with E-state index in [1.165, 1.54) is 18.3 Å². The van der Waals surface area contributed by atoms with Gasteiger partial charge in [0, 0.05) is 0 Å². The molecule has 1 aromatic rings. The first-order valence-corrected chi connectivity index (χ1v) is 6.74. The van der Waals surface area contributed by atoms with E-state index in [1.54, 1.807) is 0 Å². The highest BCUT2D eigenvalue weighted by Crippen LogP contribution is 2.37. The topological polar surface area (TPSA) is 59.4 Å².